The predicted octanol–water partition coefficient (Wildman–Crippen LogP) is 2.50. The molecule has 0 aromatic rings. The van der Waals surface area contributed by atoms with Gasteiger partial charge in [-0.2, -0.15) is 0 Å². The van der Waals surface area contributed by atoms with Crippen LogP contribution in [0.25, 0.3) is 0 Å². The van der Waals surface area contributed by atoms with Gasteiger partial charge in [-0.25, -0.2) is 0 Å². The Morgan fingerprint density at radius 3 is 2.73 bits per heavy atom. The van der Waals surface area contributed by atoms with Crippen LogP contribution in [0.4, 0.5) is 0 Å². The largest absolute Gasteiger partial charge is 0.393 e. The van der Waals surface area contributed by atoms with Gasteiger partial charge in [0.1, 0.15) is 0 Å². The maximum Gasteiger partial charge on any atom is 0.0571 e. The fourth-order valence-corrected chi connectivity index (χ4v) is 1.79. The quantitative estimate of drug-likeness (QED) is 0.606. The molecule has 1 N–H and O–H groups in total. The zero-order valence-electron chi connectivity index (χ0n) is 7.51. The highest BCUT2D eigenvalue weighted by Gasteiger charge is 2.24. The van der Waals surface area contributed by atoms with Gasteiger partial charge in [-0.3, -0.25) is 0 Å². The third-order valence-corrected chi connectivity index (χ3v) is 2.70. The lowest BCUT2D eigenvalue weighted by atomic mass is 9.97. The van der Waals surface area contributed by atoms with Crippen LogP contribution in [-0.2, 0) is 0 Å². The van der Waals surface area contributed by atoms with E-state index in [4.69, 9.17) is 0 Å². The second-order valence-electron chi connectivity index (χ2n) is 3.60. The minimum Gasteiger partial charge on any atom is -0.393 e. The summed E-state index contributed by atoms with van der Waals surface area (Å²) >= 11 is 0. The molecule has 0 spiro atoms. The van der Waals surface area contributed by atoms with Gasteiger partial charge in [-0.15, -0.1) is 0 Å². The number of allylic oxidation sites excluding steroid dienone is 2. The molecule has 2 unspecified atom stereocenters. The molecule has 1 fully saturated rings. The summed E-state index contributed by atoms with van der Waals surface area (Å²) in [6.07, 6.45) is 6.66. The number of aliphatic hydroxyl groups excluding tert-OH is 1. The number of hydrogen-bond donors (Lipinski definition) is 1. The second kappa shape index (κ2) is 3.91. The summed E-state index contributed by atoms with van der Waals surface area (Å²) in [5.41, 5.74) is 1.41. The van der Waals surface area contributed by atoms with E-state index in [1.54, 1.807) is 0 Å². The van der Waals surface area contributed by atoms with Crippen molar-refractivity contribution in [1.29, 1.82) is 0 Å². The summed E-state index contributed by atoms with van der Waals surface area (Å²) in [6.45, 7) is 4.21. The van der Waals surface area contributed by atoms with Gasteiger partial charge in [0.2, 0.25) is 0 Å². The van der Waals surface area contributed by atoms with Crippen LogP contribution in [0.5, 0.6) is 0 Å². The number of aliphatic hydroxyl groups is 1. The summed E-state index contributed by atoms with van der Waals surface area (Å²) in [5.74, 6) is 0.547. The van der Waals surface area contributed by atoms with Crippen LogP contribution in [0, 0.1) is 5.92 Å². The molecule has 0 amide bonds. The van der Waals surface area contributed by atoms with Crippen molar-refractivity contribution in [2.24, 2.45) is 5.92 Å². The van der Waals surface area contributed by atoms with Crippen molar-refractivity contribution in [2.75, 3.05) is 0 Å². The van der Waals surface area contributed by atoms with Crippen LogP contribution in [0.15, 0.2) is 11.6 Å². The topological polar surface area (TPSA) is 20.2 Å². The summed E-state index contributed by atoms with van der Waals surface area (Å²) in [7, 11) is 0. The minimum absolute atomic E-state index is 0.0232. The van der Waals surface area contributed by atoms with Crippen molar-refractivity contribution in [1.82, 2.24) is 0 Å². The van der Waals surface area contributed by atoms with Crippen LogP contribution < -0.4 is 0 Å². The smallest absolute Gasteiger partial charge is 0.0571 e. The SMILES string of the molecule is CC=C(C)CC1CCCC1O. The highest BCUT2D eigenvalue weighted by Crippen LogP contribution is 2.30. The zero-order valence-corrected chi connectivity index (χ0v) is 7.51. The fraction of sp³-hybridized carbons (Fsp3) is 0.800. The average molecular weight is 154 g/mol. The Balaban J connectivity index is 2.36. The first-order valence-electron chi connectivity index (χ1n) is 4.54. The van der Waals surface area contributed by atoms with Crippen molar-refractivity contribution in [3.05, 3.63) is 11.6 Å². The summed E-state index contributed by atoms with van der Waals surface area (Å²) < 4.78 is 0. The van der Waals surface area contributed by atoms with E-state index in [1.165, 1.54) is 18.4 Å². The van der Waals surface area contributed by atoms with Crippen molar-refractivity contribution in [2.45, 2.75) is 45.6 Å². The van der Waals surface area contributed by atoms with E-state index in [9.17, 15) is 5.11 Å². The van der Waals surface area contributed by atoms with E-state index < -0.39 is 0 Å². The molecule has 0 radical (unpaired) electrons. The Labute approximate surface area is 69.1 Å². The molecule has 0 saturated heterocycles. The molecule has 1 rings (SSSR count). The zero-order chi connectivity index (χ0) is 8.27. The average Bonchev–Trinajstić information content (AvgIpc) is 2.37. The molecule has 0 aromatic heterocycles. The maximum absolute atomic E-state index is 9.51. The Morgan fingerprint density at radius 1 is 1.55 bits per heavy atom. The van der Waals surface area contributed by atoms with E-state index in [2.05, 4.69) is 19.9 Å². The highest BCUT2D eigenvalue weighted by molar-refractivity contribution is 4.99. The molecule has 1 aliphatic carbocycles. The molecule has 0 aliphatic heterocycles. The van der Waals surface area contributed by atoms with E-state index in [1.807, 2.05) is 0 Å². The van der Waals surface area contributed by atoms with Crippen LogP contribution in [0.3, 0.4) is 0 Å². The molecule has 64 valence electrons. The molecule has 0 bridgehead atoms. The lowest BCUT2D eigenvalue weighted by Crippen LogP contribution is -2.12. The molecule has 0 aromatic carbocycles. The molecule has 2 atom stereocenters. The number of hydrogen-bond acceptors (Lipinski definition) is 1. The van der Waals surface area contributed by atoms with Gasteiger partial charge in [0.05, 0.1) is 6.10 Å². The van der Waals surface area contributed by atoms with Crippen LogP contribution >= 0.6 is 0 Å². The van der Waals surface area contributed by atoms with Gasteiger partial charge < -0.3 is 5.11 Å². The van der Waals surface area contributed by atoms with Crippen LogP contribution in [0.2, 0.25) is 0 Å². The first kappa shape index (κ1) is 8.79. The standard InChI is InChI=1S/C10H18O/c1-3-8(2)7-9-5-4-6-10(9)11/h3,9-11H,4-7H2,1-2H3. The molecule has 1 saturated carbocycles. The number of rotatable bonds is 2. The second-order valence-corrected chi connectivity index (χ2v) is 3.60. The third kappa shape index (κ3) is 2.33. The molecule has 1 heteroatoms. The first-order valence-corrected chi connectivity index (χ1v) is 4.54. The van der Waals surface area contributed by atoms with Crippen LogP contribution in [-0.4, -0.2) is 11.2 Å². The Hall–Kier alpha value is -0.300. The van der Waals surface area contributed by atoms with Crippen molar-refractivity contribution < 1.29 is 5.11 Å². The Bertz CT molecular complexity index is 149. The van der Waals surface area contributed by atoms with Crippen molar-refractivity contribution >= 4 is 0 Å². The summed E-state index contributed by atoms with van der Waals surface area (Å²) in [6, 6.07) is 0. The van der Waals surface area contributed by atoms with Crippen molar-refractivity contribution in [3.8, 4) is 0 Å². The van der Waals surface area contributed by atoms with Gasteiger partial charge >= 0.3 is 0 Å². The third-order valence-electron chi connectivity index (χ3n) is 2.70. The first-order chi connectivity index (χ1) is 5.24. The van der Waals surface area contributed by atoms with Gasteiger partial charge in [0.25, 0.3) is 0 Å². The molecule has 1 aliphatic rings. The van der Waals surface area contributed by atoms with E-state index in [0.29, 0.717) is 5.92 Å². The summed E-state index contributed by atoms with van der Waals surface area (Å²) in [5, 5.41) is 9.51. The monoisotopic (exact) mass is 154 g/mol. The van der Waals surface area contributed by atoms with Gasteiger partial charge in [0, 0.05) is 0 Å². The van der Waals surface area contributed by atoms with Gasteiger partial charge in [-0.05, 0) is 39.0 Å². The molecule has 11 heavy (non-hydrogen) atoms. The van der Waals surface area contributed by atoms with Gasteiger partial charge in [0.15, 0.2) is 0 Å². The highest BCUT2D eigenvalue weighted by atomic mass is 16.3. The van der Waals surface area contributed by atoms with E-state index in [0.717, 1.165) is 12.8 Å². The minimum atomic E-state index is -0.0232. The van der Waals surface area contributed by atoms with E-state index >= 15 is 0 Å². The Morgan fingerprint density at radius 2 is 2.27 bits per heavy atom. The van der Waals surface area contributed by atoms with Gasteiger partial charge in [-0.1, -0.05) is 18.1 Å². The molecule has 1 nitrogen and oxygen atoms in total. The molecular weight excluding hydrogens is 136 g/mol. The molecular formula is C10H18O. The van der Waals surface area contributed by atoms with Crippen molar-refractivity contribution in [3.63, 3.8) is 0 Å². The normalized spacial score (nSPS) is 32.8. The molecule has 0 heterocycles. The lowest BCUT2D eigenvalue weighted by Gasteiger charge is -2.13. The van der Waals surface area contributed by atoms with E-state index in [-0.39, 0.29) is 6.10 Å². The maximum atomic E-state index is 9.51. The Kier molecular flexibility index (Phi) is 3.13. The lowest BCUT2D eigenvalue weighted by molar-refractivity contribution is 0.132. The fourth-order valence-electron chi connectivity index (χ4n) is 1.79. The predicted molar refractivity (Wildman–Crippen MR) is 47.4 cm³/mol. The summed E-state index contributed by atoms with van der Waals surface area (Å²) in [4.78, 5) is 0. The van der Waals surface area contributed by atoms with Crippen LogP contribution in [0.1, 0.15) is 39.5 Å².